The van der Waals surface area contributed by atoms with Gasteiger partial charge in [0.25, 0.3) is 5.91 Å². The Kier molecular flexibility index (Phi) is 3.78. The SMILES string of the molecule is NC(N)=NC(=O)c1ccc(Oc2ccccc2)cc1. The van der Waals surface area contributed by atoms with E-state index in [2.05, 4.69) is 4.99 Å². The molecule has 0 saturated carbocycles. The van der Waals surface area contributed by atoms with Crippen molar-refractivity contribution in [2.24, 2.45) is 16.5 Å². The number of aliphatic imine (C=N–C) groups is 1. The summed E-state index contributed by atoms with van der Waals surface area (Å²) in [5.41, 5.74) is 10.7. The molecule has 0 saturated heterocycles. The van der Waals surface area contributed by atoms with Gasteiger partial charge in [0, 0.05) is 5.56 Å². The minimum atomic E-state index is -0.480. The molecule has 5 nitrogen and oxygen atoms in total. The fourth-order valence-corrected chi connectivity index (χ4v) is 1.47. The van der Waals surface area contributed by atoms with Gasteiger partial charge >= 0.3 is 0 Å². The lowest BCUT2D eigenvalue weighted by molar-refractivity contribution is 0.100. The number of rotatable bonds is 3. The highest BCUT2D eigenvalue weighted by Gasteiger charge is 2.04. The lowest BCUT2D eigenvalue weighted by atomic mass is 10.2. The summed E-state index contributed by atoms with van der Waals surface area (Å²) in [4.78, 5) is 15.0. The summed E-state index contributed by atoms with van der Waals surface area (Å²) in [5.74, 6) is 0.624. The molecule has 0 aliphatic rings. The van der Waals surface area contributed by atoms with E-state index in [0.717, 1.165) is 5.75 Å². The predicted molar refractivity (Wildman–Crippen MR) is 73.1 cm³/mol. The number of benzene rings is 2. The topological polar surface area (TPSA) is 90.7 Å². The number of hydrogen-bond donors (Lipinski definition) is 2. The van der Waals surface area contributed by atoms with Crippen LogP contribution < -0.4 is 16.2 Å². The highest BCUT2D eigenvalue weighted by molar-refractivity contribution is 6.01. The highest BCUT2D eigenvalue weighted by Crippen LogP contribution is 2.21. The molecule has 0 atom stereocenters. The zero-order valence-electron chi connectivity index (χ0n) is 10.1. The normalized spacial score (nSPS) is 9.68. The maximum Gasteiger partial charge on any atom is 0.280 e. The molecular formula is C14H13N3O2. The van der Waals surface area contributed by atoms with Gasteiger partial charge in [-0.3, -0.25) is 4.79 Å². The van der Waals surface area contributed by atoms with Crippen molar-refractivity contribution in [1.29, 1.82) is 0 Å². The van der Waals surface area contributed by atoms with Gasteiger partial charge in [-0.2, -0.15) is 4.99 Å². The van der Waals surface area contributed by atoms with E-state index in [-0.39, 0.29) is 5.96 Å². The van der Waals surface area contributed by atoms with Crippen molar-refractivity contribution in [3.8, 4) is 11.5 Å². The Labute approximate surface area is 110 Å². The number of amides is 1. The maximum atomic E-state index is 11.5. The lowest BCUT2D eigenvalue weighted by Gasteiger charge is -2.05. The van der Waals surface area contributed by atoms with Crippen LogP contribution >= 0.6 is 0 Å². The number of ether oxygens (including phenoxy) is 1. The molecule has 0 aliphatic heterocycles. The van der Waals surface area contributed by atoms with Gasteiger partial charge in [0.2, 0.25) is 0 Å². The second-order valence-corrected chi connectivity index (χ2v) is 3.78. The van der Waals surface area contributed by atoms with E-state index in [9.17, 15) is 4.79 Å². The van der Waals surface area contributed by atoms with Gasteiger partial charge in [-0.05, 0) is 36.4 Å². The molecular weight excluding hydrogens is 242 g/mol. The zero-order valence-corrected chi connectivity index (χ0v) is 10.1. The van der Waals surface area contributed by atoms with Crippen molar-refractivity contribution in [3.05, 3.63) is 60.2 Å². The standard InChI is InChI=1S/C14H13N3O2/c15-14(16)17-13(18)10-6-8-12(9-7-10)19-11-4-2-1-3-5-11/h1-9H,(H4,15,16,17,18). The Morgan fingerprint density at radius 2 is 1.47 bits per heavy atom. The lowest BCUT2D eigenvalue weighted by Crippen LogP contribution is -2.24. The van der Waals surface area contributed by atoms with Crippen LogP contribution in [0.25, 0.3) is 0 Å². The Balaban J connectivity index is 2.11. The van der Waals surface area contributed by atoms with E-state index >= 15 is 0 Å². The summed E-state index contributed by atoms with van der Waals surface area (Å²) in [6.07, 6.45) is 0. The number of hydrogen-bond acceptors (Lipinski definition) is 2. The number of nitrogens with zero attached hydrogens (tertiary/aromatic N) is 1. The fraction of sp³-hybridized carbons (Fsp3) is 0. The Morgan fingerprint density at radius 1 is 0.895 bits per heavy atom. The predicted octanol–water partition coefficient (Wildman–Crippen LogP) is 1.89. The molecule has 0 radical (unpaired) electrons. The second-order valence-electron chi connectivity index (χ2n) is 3.78. The van der Waals surface area contributed by atoms with Crippen LogP contribution in [0.15, 0.2) is 59.6 Å². The van der Waals surface area contributed by atoms with Crippen LogP contribution in [0, 0.1) is 0 Å². The third kappa shape index (κ3) is 3.57. The van der Waals surface area contributed by atoms with Crippen molar-refractivity contribution >= 4 is 11.9 Å². The number of nitrogens with two attached hydrogens (primary N) is 2. The molecule has 0 heterocycles. The summed E-state index contributed by atoms with van der Waals surface area (Å²) in [6, 6.07) is 15.9. The minimum absolute atomic E-state index is 0.255. The van der Waals surface area contributed by atoms with Gasteiger partial charge in [0.15, 0.2) is 5.96 Å². The van der Waals surface area contributed by atoms with E-state index in [0.29, 0.717) is 11.3 Å². The molecule has 2 aromatic carbocycles. The maximum absolute atomic E-state index is 11.5. The molecule has 19 heavy (non-hydrogen) atoms. The first-order valence-corrected chi connectivity index (χ1v) is 5.62. The van der Waals surface area contributed by atoms with Crippen molar-refractivity contribution in [1.82, 2.24) is 0 Å². The first kappa shape index (κ1) is 12.6. The van der Waals surface area contributed by atoms with Crippen molar-refractivity contribution in [2.45, 2.75) is 0 Å². The van der Waals surface area contributed by atoms with Gasteiger partial charge in [0.1, 0.15) is 11.5 Å². The Hall–Kier alpha value is -2.82. The van der Waals surface area contributed by atoms with Crippen LogP contribution in [-0.2, 0) is 0 Å². The zero-order chi connectivity index (χ0) is 13.7. The van der Waals surface area contributed by atoms with E-state index in [4.69, 9.17) is 16.2 Å². The van der Waals surface area contributed by atoms with Crippen LogP contribution in [0.3, 0.4) is 0 Å². The van der Waals surface area contributed by atoms with Crippen molar-refractivity contribution in [3.63, 3.8) is 0 Å². The van der Waals surface area contributed by atoms with Gasteiger partial charge in [0.05, 0.1) is 0 Å². The van der Waals surface area contributed by atoms with Crippen LogP contribution in [0.4, 0.5) is 0 Å². The average molecular weight is 255 g/mol. The molecule has 0 aromatic heterocycles. The third-order valence-corrected chi connectivity index (χ3v) is 2.31. The fourth-order valence-electron chi connectivity index (χ4n) is 1.47. The molecule has 1 amide bonds. The van der Waals surface area contributed by atoms with Crippen molar-refractivity contribution in [2.75, 3.05) is 0 Å². The number of guanidine groups is 1. The molecule has 2 rings (SSSR count). The van der Waals surface area contributed by atoms with Crippen LogP contribution in [-0.4, -0.2) is 11.9 Å². The molecule has 96 valence electrons. The summed E-state index contributed by atoms with van der Waals surface area (Å²) in [6.45, 7) is 0. The average Bonchev–Trinajstić information content (AvgIpc) is 2.40. The molecule has 0 aliphatic carbocycles. The Morgan fingerprint density at radius 3 is 2.05 bits per heavy atom. The van der Waals surface area contributed by atoms with E-state index < -0.39 is 5.91 Å². The molecule has 5 heteroatoms. The first-order valence-electron chi connectivity index (χ1n) is 5.62. The summed E-state index contributed by atoms with van der Waals surface area (Å²) >= 11 is 0. The quantitative estimate of drug-likeness (QED) is 0.647. The molecule has 0 spiro atoms. The van der Waals surface area contributed by atoms with Gasteiger partial charge in [-0.25, -0.2) is 0 Å². The van der Waals surface area contributed by atoms with E-state index in [1.807, 2.05) is 30.3 Å². The molecule has 0 unspecified atom stereocenters. The molecule has 4 N–H and O–H groups in total. The molecule has 0 fully saturated rings. The van der Waals surface area contributed by atoms with Crippen LogP contribution in [0.1, 0.15) is 10.4 Å². The molecule has 2 aromatic rings. The van der Waals surface area contributed by atoms with Gasteiger partial charge < -0.3 is 16.2 Å². The highest BCUT2D eigenvalue weighted by atomic mass is 16.5. The Bertz CT molecular complexity index is 588. The number of para-hydroxylation sites is 1. The van der Waals surface area contributed by atoms with Gasteiger partial charge in [-0.1, -0.05) is 18.2 Å². The number of carbonyl (C=O) groups excluding carboxylic acids is 1. The summed E-state index contributed by atoms with van der Waals surface area (Å²) in [5, 5.41) is 0. The van der Waals surface area contributed by atoms with Crippen LogP contribution in [0.2, 0.25) is 0 Å². The second kappa shape index (κ2) is 5.68. The number of carbonyl (C=O) groups is 1. The largest absolute Gasteiger partial charge is 0.457 e. The summed E-state index contributed by atoms with van der Waals surface area (Å²) < 4.78 is 5.60. The summed E-state index contributed by atoms with van der Waals surface area (Å²) in [7, 11) is 0. The monoisotopic (exact) mass is 255 g/mol. The first-order chi connectivity index (χ1) is 9.15. The van der Waals surface area contributed by atoms with E-state index in [1.165, 1.54) is 0 Å². The third-order valence-electron chi connectivity index (χ3n) is 2.31. The van der Waals surface area contributed by atoms with Gasteiger partial charge in [-0.15, -0.1) is 0 Å². The van der Waals surface area contributed by atoms with Crippen LogP contribution in [0.5, 0.6) is 11.5 Å². The minimum Gasteiger partial charge on any atom is -0.457 e. The smallest absolute Gasteiger partial charge is 0.280 e. The van der Waals surface area contributed by atoms with Crippen molar-refractivity contribution < 1.29 is 9.53 Å². The van der Waals surface area contributed by atoms with E-state index in [1.54, 1.807) is 24.3 Å². The molecule has 0 bridgehead atoms.